The van der Waals surface area contributed by atoms with Crippen LogP contribution in [-0.2, 0) is 11.3 Å². The van der Waals surface area contributed by atoms with E-state index in [1.807, 2.05) is 66.7 Å². The molecular weight excluding hydrogens is 358 g/mol. The number of carbonyl (C=O) groups is 1. The van der Waals surface area contributed by atoms with E-state index >= 15 is 0 Å². The van der Waals surface area contributed by atoms with E-state index < -0.39 is 0 Å². The second-order valence-electron chi connectivity index (χ2n) is 5.98. The molecule has 134 valence electrons. The molecule has 0 radical (unpaired) electrons. The van der Waals surface area contributed by atoms with Crippen molar-refractivity contribution < 1.29 is 14.3 Å². The van der Waals surface area contributed by atoms with Crippen LogP contribution in [0.2, 0.25) is 0 Å². The average molecular weight is 375 g/mol. The number of ether oxygens (including phenoxy) is 2. The summed E-state index contributed by atoms with van der Waals surface area (Å²) in [7, 11) is 1.38. The molecule has 27 heavy (non-hydrogen) atoms. The molecule has 0 atom stereocenters. The van der Waals surface area contributed by atoms with Crippen LogP contribution in [0.1, 0.15) is 15.2 Å². The topological polar surface area (TPSA) is 48.4 Å². The Labute approximate surface area is 161 Å². The predicted molar refractivity (Wildman–Crippen MR) is 107 cm³/mol. The number of hydrogen-bond acceptors (Lipinski definition) is 5. The van der Waals surface area contributed by atoms with E-state index in [4.69, 9.17) is 9.47 Å². The van der Waals surface area contributed by atoms with Crippen molar-refractivity contribution in [1.29, 1.82) is 0 Å². The zero-order chi connectivity index (χ0) is 18.6. The maximum atomic E-state index is 11.7. The second kappa shape index (κ2) is 7.60. The van der Waals surface area contributed by atoms with Crippen LogP contribution in [0.25, 0.3) is 21.5 Å². The normalized spacial score (nSPS) is 10.7. The molecule has 4 nitrogen and oxygen atoms in total. The van der Waals surface area contributed by atoms with Gasteiger partial charge in [-0.15, -0.1) is 11.3 Å². The summed E-state index contributed by atoms with van der Waals surface area (Å²) >= 11 is 1.38. The molecule has 2 heterocycles. The number of rotatable bonds is 5. The maximum Gasteiger partial charge on any atom is 0.348 e. The summed E-state index contributed by atoms with van der Waals surface area (Å²) in [6.07, 6.45) is 0. The fourth-order valence-electron chi connectivity index (χ4n) is 2.75. The Balaban J connectivity index is 1.52. The minimum Gasteiger partial charge on any atom is -0.489 e. The Morgan fingerprint density at radius 3 is 2.52 bits per heavy atom. The van der Waals surface area contributed by atoms with Gasteiger partial charge in [0.25, 0.3) is 0 Å². The molecule has 0 fully saturated rings. The lowest BCUT2D eigenvalue weighted by molar-refractivity contribution is 0.0606. The Morgan fingerprint density at radius 1 is 1.00 bits per heavy atom. The molecule has 0 saturated heterocycles. The molecular formula is C22H17NO3S. The van der Waals surface area contributed by atoms with Gasteiger partial charge in [0.2, 0.25) is 0 Å². The lowest BCUT2D eigenvalue weighted by Crippen LogP contribution is -1.96. The van der Waals surface area contributed by atoms with Crippen LogP contribution in [-0.4, -0.2) is 18.1 Å². The number of benzene rings is 2. The Hall–Kier alpha value is -3.18. The summed E-state index contributed by atoms with van der Waals surface area (Å²) in [5.74, 6) is 0.478. The van der Waals surface area contributed by atoms with Crippen LogP contribution in [0, 0.1) is 0 Å². The molecule has 0 saturated carbocycles. The molecule has 0 bridgehead atoms. The van der Waals surface area contributed by atoms with E-state index in [2.05, 4.69) is 4.98 Å². The first-order chi connectivity index (χ1) is 13.2. The summed E-state index contributed by atoms with van der Waals surface area (Å²) in [6.45, 7) is 0.537. The fraction of sp³-hybridized carbons (Fsp3) is 0.0909. The van der Waals surface area contributed by atoms with Gasteiger partial charge >= 0.3 is 5.97 Å². The largest absolute Gasteiger partial charge is 0.489 e. The number of methoxy groups -OCH3 is 1. The number of nitrogens with zero attached hydrogens (tertiary/aromatic N) is 1. The number of esters is 1. The number of thiophene rings is 1. The first kappa shape index (κ1) is 17.2. The highest BCUT2D eigenvalue weighted by Crippen LogP contribution is 2.28. The van der Waals surface area contributed by atoms with Gasteiger partial charge in [-0.2, -0.15) is 0 Å². The quantitative estimate of drug-likeness (QED) is 0.443. The van der Waals surface area contributed by atoms with Crippen LogP contribution >= 0.6 is 11.3 Å². The van der Waals surface area contributed by atoms with Gasteiger partial charge in [-0.3, -0.25) is 0 Å². The zero-order valence-corrected chi connectivity index (χ0v) is 15.5. The predicted octanol–water partition coefficient (Wildman–Crippen LogP) is 5.33. The molecule has 5 heteroatoms. The summed E-state index contributed by atoms with van der Waals surface area (Å²) in [5, 5.41) is 0. The van der Waals surface area contributed by atoms with Gasteiger partial charge in [0.15, 0.2) is 0 Å². The molecule has 0 aliphatic rings. The van der Waals surface area contributed by atoms with Gasteiger partial charge in [-0.1, -0.05) is 30.3 Å². The van der Waals surface area contributed by atoms with Crippen molar-refractivity contribution in [3.05, 3.63) is 83.2 Å². The minimum atomic E-state index is -0.334. The molecule has 4 rings (SSSR count). The molecule has 0 unspecified atom stereocenters. The summed E-state index contributed by atoms with van der Waals surface area (Å²) in [6, 6.07) is 23.6. The van der Waals surface area contributed by atoms with E-state index in [1.165, 1.54) is 18.4 Å². The van der Waals surface area contributed by atoms with Crippen molar-refractivity contribution in [1.82, 2.24) is 4.98 Å². The van der Waals surface area contributed by atoms with Crippen molar-refractivity contribution in [2.45, 2.75) is 6.61 Å². The van der Waals surface area contributed by atoms with Crippen molar-refractivity contribution in [3.8, 4) is 17.0 Å². The van der Waals surface area contributed by atoms with Crippen LogP contribution in [0.15, 0.2) is 72.8 Å². The molecule has 0 N–H and O–H groups in total. The Kier molecular flexibility index (Phi) is 4.85. The second-order valence-corrected chi connectivity index (χ2v) is 7.06. The number of carbonyl (C=O) groups excluding carboxylic acids is 1. The average Bonchev–Trinajstić information content (AvgIpc) is 3.16. The fourth-order valence-corrected chi connectivity index (χ4v) is 3.67. The molecule has 0 aliphatic carbocycles. The van der Waals surface area contributed by atoms with Crippen LogP contribution in [0.5, 0.6) is 5.75 Å². The highest BCUT2D eigenvalue weighted by molar-refractivity contribution is 7.20. The number of aromatic nitrogens is 1. The highest BCUT2D eigenvalue weighted by Gasteiger charge is 2.12. The van der Waals surface area contributed by atoms with Crippen LogP contribution in [0.4, 0.5) is 0 Å². The van der Waals surface area contributed by atoms with E-state index in [9.17, 15) is 4.79 Å². The molecule has 2 aromatic heterocycles. The molecule has 4 aromatic rings. The Morgan fingerprint density at radius 2 is 1.78 bits per heavy atom. The van der Waals surface area contributed by atoms with E-state index in [0.717, 1.165) is 32.8 Å². The van der Waals surface area contributed by atoms with Gasteiger partial charge in [0.05, 0.1) is 23.0 Å². The first-order valence-electron chi connectivity index (χ1n) is 8.49. The van der Waals surface area contributed by atoms with E-state index in [0.29, 0.717) is 11.5 Å². The number of fused-ring (bicyclic) bond motifs is 1. The molecule has 2 aromatic carbocycles. The molecule has 0 aliphatic heterocycles. The van der Waals surface area contributed by atoms with Gasteiger partial charge in [-0.05, 0) is 48.0 Å². The minimum absolute atomic E-state index is 0.334. The standard InChI is InChI=1S/C22H17NO3S/c1-25-22(24)21-13-19-20(27-21)12-11-18(23-19)16-7-9-17(10-8-16)26-14-15-5-3-2-4-6-15/h2-13H,14H2,1H3. The van der Waals surface area contributed by atoms with Crippen LogP contribution < -0.4 is 4.74 Å². The lowest BCUT2D eigenvalue weighted by atomic mass is 10.1. The van der Waals surface area contributed by atoms with E-state index in [-0.39, 0.29) is 5.97 Å². The smallest absolute Gasteiger partial charge is 0.348 e. The highest BCUT2D eigenvalue weighted by atomic mass is 32.1. The number of hydrogen-bond donors (Lipinski definition) is 0. The monoisotopic (exact) mass is 375 g/mol. The molecule has 0 amide bonds. The van der Waals surface area contributed by atoms with E-state index in [1.54, 1.807) is 6.07 Å². The molecule has 0 spiro atoms. The first-order valence-corrected chi connectivity index (χ1v) is 9.30. The zero-order valence-electron chi connectivity index (χ0n) is 14.7. The van der Waals surface area contributed by atoms with Gasteiger partial charge in [0, 0.05) is 5.56 Å². The third-order valence-corrected chi connectivity index (χ3v) is 5.23. The van der Waals surface area contributed by atoms with Crippen molar-refractivity contribution in [2.24, 2.45) is 0 Å². The third-order valence-electron chi connectivity index (χ3n) is 4.16. The SMILES string of the molecule is COC(=O)c1cc2nc(-c3ccc(OCc4ccccc4)cc3)ccc2s1. The van der Waals surface area contributed by atoms with Crippen LogP contribution in [0.3, 0.4) is 0 Å². The van der Waals surface area contributed by atoms with Gasteiger partial charge in [0.1, 0.15) is 17.2 Å². The van der Waals surface area contributed by atoms with Crippen molar-refractivity contribution in [3.63, 3.8) is 0 Å². The van der Waals surface area contributed by atoms with Crippen molar-refractivity contribution >= 4 is 27.5 Å². The van der Waals surface area contributed by atoms with Gasteiger partial charge in [-0.25, -0.2) is 9.78 Å². The van der Waals surface area contributed by atoms with Gasteiger partial charge < -0.3 is 9.47 Å². The Bertz CT molecular complexity index is 1070. The summed E-state index contributed by atoms with van der Waals surface area (Å²) < 4.78 is 11.6. The summed E-state index contributed by atoms with van der Waals surface area (Å²) in [5.41, 5.74) is 3.77. The van der Waals surface area contributed by atoms with Crippen molar-refractivity contribution in [2.75, 3.05) is 7.11 Å². The third kappa shape index (κ3) is 3.83. The lowest BCUT2D eigenvalue weighted by Gasteiger charge is -2.07. The number of pyridine rings is 1. The maximum absolute atomic E-state index is 11.7. The summed E-state index contributed by atoms with van der Waals surface area (Å²) in [4.78, 5) is 16.9.